The highest BCUT2D eigenvalue weighted by Crippen LogP contribution is 1.66. The Hall–Kier alpha value is -1.76. The van der Waals surface area contributed by atoms with Crippen LogP contribution in [0.3, 0.4) is 0 Å². The number of hydrogen-bond donors (Lipinski definition) is 2. The zero-order valence-electron chi connectivity index (χ0n) is 6.45. The highest BCUT2D eigenvalue weighted by atomic mass is 35.5. The van der Waals surface area contributed by atoms with Gasteiger partial charge in [0.05, 0.1) is 5.29 Å². The second kappa shape index (κ2) is 10.2. The van der Waals surface area contributed by atoms with Gasteiger partial charge >= 0.3 is 6.03 Å². The summed E-state index contributed by atoms with van der Waals surface area (Å²) in [5.41, 5.74) is 5.78. The summed E-state index contributed by atoms with van der Waals surface area (Å²) in [6.45, 7) is 0. The van der Waals surface area contributed by atoms with Crippen molar-refractivity contribution in [1.29, 1.82) is 0 Å². The molecule has 13 heavy (non-hydrogen) atoms. The molecule has 0 aliphatic rings. The minimum atomic E-state index is -0.940. The lowest BCUT2D eigenvalue weighted by atomic mass is 10.7. The summed E-state index contributed by atoms with van der Waals surface area (Å²) < 4.78 is 0. The fourth-order valence-corrected chi connectivity index (χ4v) is 0.298. The minimum absolute atomic E-state index is 0. The number of hydrogen-bond acceptors (Lipinski definition) is 5. The topological polar surface area (TPSA) is 110 Å². The van der Waals surface area contributed by atoms with Crippen LogP contribution in [0.1, 0.15) is 0 Å². The van der Waals surface area contributed by atoms with E-state index in [0.29, 0.717) is 0 Å². The van der Waals surface area contributed by atoms with Gasteiger partial charge in [0.25, 0.3) is 0 Å². The highest BCUT2D eigenvalue weighted by molar-refractivity contribution is 5.85. The molecule has 72 valence electrons. The summed E-state index contributed by atoms with van der Waals surface area (Å²) in [5, 5.41) is 1.96. The first-order valence-corrected chi connectivity index (χ1v) is 2.85. The van der Waals surface area contributed by atoms with Gasteiger partial charge in [0.1, 0.15) is 6.33 Å². The number of nitrogens with zero attached hydrogens (tertiary/aromatic N) is 3. The smallest absolute Gasteiger partial charge is 0.335 e. The van der Waals surface area contributed by atoms with Crippen molar-refractivity contribution < 1.29 is 4.79 Å². The third-order valence-corrected chi connectivity index (χ3v) is 0.633. The van der Waals surface area contributed by atoms with Gasteiger partial charge in [-0.25, -0.2) is 14.8 Å². The summed E-state index contributed by atoms with van der Waals surface area (Å²) in [4.78, 5) is 25.7. The Morgan fingerprint density at radius 1 is 1.38 bits per heavy atom. The molecular weight excluding hydrogens is 198 g/mol. The Morgan fingerprint density at radius 2 is 1.92 bits per heavy atom. The van der Waals surface area contributed by atoms with Crippen LogP contribution < -0.4 is 11.2 Å². The number of nitrogens with two attached hydrogens (primary N) is 1. The molecule has 0 atom stereocenters. The number of carbonyl (C=O) groups excluding carboxylic acids is 1. The predicted octanol–water partition coefficient (Wildman–Crippen LogP) is 0.235. The van der Waals surface area contributed by atoms with Gasteiger partial charge in [-0.05, 0) is 6.07 Å². The van der Waals surface area contributed by atoms with Crippen LogP contribution in [0, 0.1) is 4.91 Å². The average Bonchev–Trinajstić information content (AvgIpc) is 2.08. The Morgan fingerprint density at radius 3 is 2.00 bits per heavy atom. The van der Waals surface area contributed by atoms with Gasteiger partial charge in [-0.3, -0.25) is 0 Å². The molecule has 0 spiro atoms. The Balaban J connectivity index is 0. The van der Waals surface area contributed by atoms with Gasteiger partial charge in [-0.1, -0.05) is 0 Å². The maximum atomic E-state index is 9.42. The quantitative estimate of drug-likeness (QED) is 0.505. The maximum Gasteiger partial charge on any atom is 0.335 e. The molecule has 0 radical (unpaired) electrons. The largest absolute Gasteiger partial charge is 0.350 e. The summed E-state index contributed by atoms with van der Waals surface area (Å²) in [6, 6.07) is 0.838. The molecule has 8 heteroatoms. The van der Waals surface area contributed by atoms with Crippen LogP contribution in [-0.4, -0.2) is 16.0 Å². The van der Waals surface area contributed by atoms with Crippen LogP contribution in [0.5, 0.6) is 0 Å². The molecule has 0 aliphatic carbocycles. The van der Waals surface area contributed by atoms with Crippen LogP contribution in [0.15, 0.2) is 30.1 Å². The molecule has 0 bridgehead atoms. The fourth-order valence-electron chi connectivity index (χ4n) is 0.298. The normalized spacial score (nSPS) is 6.77. The van der Waals surface area contributed by atoms with E-state index in [1.807, 2.05) is 5.29 Å². The number of carbonyl (C=O) groups is 1. The van der Waals surface area contributed by atoms with Crippen LogP contribution in [-0.2, 0) is 0 Å². The van der Waals surface area contributed by atoms with Gasteiger partial charge in [0.15, 0.2) is 0 Å². The second-order valence-corrected chi connectivity index (χ2v) is 1.47. The first-order valence-electron chi connectivity index (χ1n) is 2.85. The van der Waals surface area contributed by atoms with E-state index in [-0.39, 0.29) is 12.4 Å². The third-order valence-electron chi connectivity index (χ3n) is 0.633. The zero-order valence-corrected chi connectivity index (χ0v) is 7.27. The number of aromatic nitrogens is 2. The van der Waals surface area contributed by atoms with Gasteiger partial charge in [-0.15, -0.1) is 17.3 Å². The molecule has 1 rings (SSSR count). The highest BCUT2D eigenvalue weighted by Gasteiger charge is 1.80. The average molecular weight is 206 g/mol. The Labute approximate surface area is 80.1 Å². The number of nitroso groups, excluding NO2 is 1. The van der Waals surface area contributed by atoms with E-state index in [1.54, 1.807) is 18.5 Å². The van der Waals surface area contributed by atoms with E-state index >= 15 is 0 Å². The van der Waals surface area contributed by atoms with Gasteiger partial charge in [0, 0.05) is 12.4 Å². The lowest BCUT2D eigenvalue weighted by molar-refractivity contribution is 0.249. The number of primary amides is 1. The van der Waals surface area contributed by atoms with E-state index in [0.717, 1.165) is 0 Å². The molecule has 1 heterocycles. The van der Waals surface area contributed by atoms with Crippen molar-refractivity contribution in [2.75, 3.05) is 0 Å². The number of rotatable bonds is 1. The van der Waals surface area contributed by atoms with Crippen molar-refractivity contribution in [3.8, 4) is 0 Å². The number of amides is 2. The summed E-state index contributed by atoms with van der Waals surface area (Å²) in [6.07, 6.45) is 4.88. The van der Waals surface area contributed by atoms with Crippen molar-refractivity contribution in [1.82, 2.24) is 15.4 Å². The van der Waals surface area contributed by atoms with Crippen LogP contribution in [0.2, 0.25) is 0 Å². The molecule has 3 N–H and O–H groups in total. The summed E-state index contributed by atoms with van der Waals surface area (Å²) >= 11 is 0. The van der Waals surface area contributed by atoms with Crippen molar-refractivity contribution in [3.05, 3.63) is 29.7 Å². The van der Waals surface area contributed by atoms with E-state index in [4.69, 9.17) is 4.91 Å². The fraction of sp³-hybridized carbons (Fsp3) is 0. The second-order valence-electron chi connectivity index (χ2n) is 1.47. The summed E-state index contributed by atoms with van der Waals surface area (Å²) in [7, 11) is 0. The van der Waals surface area contributed by atoms with Crippen molar-refractivity contribution in [2.45, 2.75) is 0 Å². The maximum absolute atomic E-state index is 9.42. The Kier molecular flexibility index (Phi) is 10.9. The lowest BCUT2D eigenvalue weighted by Gasteiger charge is -1.77. The SMILES string of the molecule is Cl.NC(=O)NN=O.c1cncnc1. The molecule has 0 saturated heterocycles. The standard InChI is InChI=1S/C4H4N2.CH3N3O2.ClH/c1-2-5-4-6-3-1;2-1(5)3-4-6;/h1-4H;(H3,2,3,5,6);1H. The van der Waals surface area contributed by atoms with Crippen LogP contribution >= 0.6 is 12.4 Å². The molecular formula is C5H8ClN5O2. The van der Waals surface area contributed by atoms with Crippen molar-refractivity contribution in [3.63, 3.8) is 0 Å². The first-order chi connectivity index (χ1) is 5.77. The minimum Gasteiger partial charge on any atom is -0.350 e. The van der Waals surface area contributed by atoms with Gasteiger partial charge in [-0.2, -0.15) is 5.43 Å². The zero-order chi connectivity index (χ0) is 9.23. The summed E-state index contributed by atoms with van der Waals surface area (Å²) in [5.74, 6) is 0. The molecule has 0 saturated carbocycles. The van der Waals surface area contributed by atoms with Crippen molar-refractivity contribution >= 4 is 18.4 Å². The molecule has 2 amide bonds. The molecule has 0 aliphatic heterocycles. The monoisotopic (exact) mass is 205 g/mol. The van der Waals surface area contributed by atoms with E-state index in [2.05, 4.69) is 15.7 Å². The number of halogens is 1. The number of urea groups is 1. The molecule has 1 aromatic heterocycles. The van der Waals surface area contributed by atoms with Crippen molar-refractivity contribution in [2.24, 2.45) is 11.0 Å². The van der Waals surface area contributed by atoms with Gasteiger partial charge < -0.3 is 5.73 Å². The Bertz CT molecular complexity index is 205. The lowest BCUT2D eigenvalue weighted by Crippen LogP contribution is -2.23. The number of nitrogens with one attached hydrogen (secondary N) is 1. The van der Waals surface area contributed by atoms with Crippen LogP contribution in [0.25, 0.3) is 0 Å². The van der Waals surface area contributed by atoms with E-state index < -0.39 is 6.03 Å². The van der Waals surface area contributed by atoms with Gasteiger partial charge in [0.2, 0.25) is 0 Å². The molecule has 7 nitrogen and oxygen atoms in total. The van der Waals surface area contributed by atoms with Crippen LogP contribution in [0.4, 0.5) is 4.79 Å². The molecule has 1 aromatic rings. The van der Waals surface area contributed by atoms with E-state index in [9.17, 15) is 4.79 Å². The molecule has 0 unspecified atom stereocenters. The molecule has 0 aromatic carbocycles. The van der Waals surface area contributed by atoms with E-state index in [1.165, 1.54) is 11.8 Å². The first kappa shape index (κ1) is 13.8. The third kappa shape index (κ3) is 13.3. The predicted molar refractivity (Wildman–Crippen MR) is 47.8 cm³/mol. The molecule has 0 fully saturated rings.